The molecule has 4 rings (SSSR count). The number of aromatic nitrogens is 1. The van der Waals surface area contributed by atoms with Crippen molar-refractivity contribution >= 4 is 28.7 Å². The van der Waals surface area contributed by atoms with Crippen LogP contribution in [0.4, 0.5) is 19.0 Å². The number of hydrogen-bond donors (Lipinski definition) is 1. The molecule has 0 spiro atoms. The Morgan fingerprint density at radius 1 is 1.28 bits per heavy atom. The minimum Gasteiger partial charge on any atom is -0.355 e. The number of pyridine rings is 1. The molecule has 3 aliphatic rings. The van der Waals surface area contributed by atoms with Crippen LogP contribution in [-0.4, -0.2) is 53.2 Å². The second kappa shape index (κ2) is 8.25. The summed E-state index contributed by atoms with van der Waals surface area (Å²) in [5.74, 6) is 0.455. The highest BCUT2D eigenvalue weighted by atomic mass is 32.2. The van der Waals surface area contributed by atoms with E-state index in [4.69, 9.17) is 0 Å². The monoisotopic (exact) mass is 425 g/mol. The van der Waals surface area contributed by atoms with E-state index in [2.05, 4.69) is 20.2 Å². The zero-order chi connectivity index (χ0) is 20.4. The fraction of sp³-hybridized carbons (Fsp3) is 0.526. The highest BCUT2D eigenvalue weighted by Gasteiger charge is 2.31. The van der Waals surface area contributed by atoms with Gasteiger partial charge in [0, 0.05) is 44.1 Å². The predicted molar refractivity (Wildman–Crippen MR) is 107 cm³/mol. The van der Waals surface area contributed by atoms with Crippen LogP contribution < -0.4 is 10.2 Å². The van der Waals surface area contributed by atoms with E-state index in [1.165, 1.54) is 6.07 Å². The Hall–Kier alpha value is -2.23. The van der Waals surface area contributed by atoms with Crippen LogP contribution >= 0.6 is 11.8 Å². The maximum atomic E-state index is 12.7. The van der Waals surface area contributed by atoms with Gasteiger partial charge in [0.2, 0.25) is 5.91 Å². The van der Waals surface area contributed by atoms with Crippen LogP contribution in [0.3, 0.4) is 0 Å². The van der Waals surface area contributed by atoms with Crippen molar-refractivity contribution in [2.45, 2.75) is 37.9 Å². The Morgan fingerprint density at radius 3 is 2.90 bits per heavy atom. The van der Waals surface area contributed by atoms with Gasteiger partial charge in [-0.15, -0.1) is 0 Å². The van der Waals surface area contributed by atoms with Crippen LogP contribution in [0.2, 0.25) is 0 Å². The van der Waals surface area contributed by atoms with E-state index >= 15 is 0 Å². The number of amides is 1. The normalized spacial score (nSPS) is 22.1. The number of alkyl halides is 3. The SMILES string of the molecule is O=C(CC1=CSC2=NCCCN12)NC1CCCN(c2ccc(C(F)(F)F)cn2)C1. The number of anilines is 1. The first-order valence-electron chi connectivity index (χ1n) is 9.65. The van der Waals surface area contributed by atoms with Gasteiger partial charge in [-0.2, -0.15) is 13.2 Å². The fourth-order valence-electron chi connectivity index (χ4n) is 3.76. The number of rotatable bonds is 4. The molecule has 10 heteroatoms. The molecule has 6 nitrogen and oxygen atoms in total. The van der Waals surface area contributed by atoms with Gasteiger partial charge in [0.1, 0.15) is 5.82 Å². The molecule has 1 fully saturated rings. The van der Waals surface area contributed by atoms with Gasteiger partial charge >= 0.3 is 6.18 Å². The van der Waals surface area contributed by atoms with E-state index in [-0.39, 0.29) is 11.9 Å². The minimum absolute atomic E-state index is 0.0455. The Morgan fingerprint density at radius 2 is 2.14 bits per heavy atom. The lowest BCUT2D eigenvalue weighted by Crippen LogP contribution is -2.48. The summed E-state index contributed by atoms with van der Waals surface area (Å²) in [5, 5.41) is 6.03. The van der Waals surface area contributed by atoms with E-state index < -0.39 is 11.7 Å². The zero-order valence-electron chi connectivity index (χ0n) is 15.8. The molecule has 1 N–H and O–H groups in total. The molecule has 1 aromatic rings. The van der Waals surface area contributed by atoms with Crippen molar-refractivity contribution in [2.24, 2.45) is 4.99 Å². The number of piperidine rings is 1. The molecule has 156 valence electrons. The van der Waals surface area contributed by atoms with Gasteiger partial charge in [-0.3, -0.25) is 9.79 Å². The standard InChI is InChI=1S/C19H22F3N5OS/c20-19(21,22)13-4-5-16(24-10-13)26-7-1-3-14(11-26)25-17(28)9-15-12-29-18-23-6-2-8-27(15)18/h4-5,10,12,14H,1-3,6-9,11H2,(H,25,28). The first-order valence-corrected chi connectivity index (χ1v) is 10.5. The maximum absolute atomic E-state index is 12.7. The van der Waals surface area contributed by atoms with Gasteiger partial charge < -0.3 is 15.1 Å². The smallest absolute Gasteiger partial charge is 0.355 e. The Bertz CT molecular complexity index is 824. The molecular weight excluding hydrogens is 403 g/mol. The van der Waals surface area contributed by atoms with Crippen LogP contribution in [0, 0.1) is 0 Å². The highest BCUT2D eigenvalue weighted by molar-refractivity contribution is 8.16. The van der Waals surface area contributed by atoms with Crippen molar-refractivity contribution in [1.29, 1.82) is 0 Å². The molecule has 3 aliphatic heterocycles. The van der Waals surface area contributed by atoms with Crippen molar-refractivity contribution in [3.05, 3.63) is 35.0 Å². The third-order valence-electron chi connectivity index (χ3n) is 5.19. The number of nitrogens with zero attached hydrogens (tertiary/aromatic N) is 4. The number of thioether (sulfide) groups is 1. The number of amidine groups is 1. The average molecular weight is 425 g/mol. The lowest BCUT2D eigenvalue weighted by molar-refractivity contribution is -0.137. The summed E-state index contributed by atoms with van der Waals surface area (Å²) in [6.07, 6.45) is -0.556. The summed E-state index contributed by atoms with van der Waals surface area (Å²) >= 11 is 1.56. The molecule has 0 radical (unpaired) electrons. The molecular formula is C19H22F3N5OS. The quantitative estimate of drug-likeness (QED) is 0.803. The molecule has 4 heterocycles. The van der Waals surface area contributed by atoms with E-state index in [1.54, 1.807) is 11.8 Å². The summed E-state index contributed by atoms with van der Waals surface area (Å²) in [7, 11) is 0. The largest absolute Gasteiger partial charge is 0.417 e. The lowest BCUT2D eigenvalue weighted by Gasteiger charge is -2.34. The van der Waals surface area contributed by atoms with Gasteiger partial charge in [-0.1, -0.05) is 11.8 Å². The first-order chi connectivity index (χ1) is 13.9. The third kappa shape index (κ3) is 4.68. The van der Waals surface area contributed by atoms with Crippen molar-refractivity contribution < 1.29 is 18.0 Å². The van der Waals surface area contributed by atoms with Crippen molar-refractivity contribution in [3.63, 3.8) is 0 Å². The predicted octanol–water partition coefficient (Wildman–Crippen LogP) is 3.23. The molecule has 0 saturated carbocycles. The number of aliphatic imine (C=N–C) groups is 1. The van der Waals surface area contributed by atoms with Gasteiger partial charge in [0.05, 0.1) is 12.0 Å². The molecule has 1 aromatic heterocycles. The zero-order valence-corrected chi connectivity index (χ0v) is 16.6. The third-order valence-corrected chi connectivity index (χ3v) is 6.14. The number of hydrogen-bond acceptors (Lipinski definition) is 6. The molecule has 1 amide bonds. The second-order valence-electron chi connectivity index (χ2n) is 7.33. The Balaban J connectivity index is 1.32. The van der Waals surface area contributed by atoms with Crippen molar-refractivity contribution in [1.82, 2.24) is 15.2 Å². The van der Waals surface area contributed by atoms with Crippen molar-refractivity contribution in [3.8, 4) is 0 Å². The molecule has 0 aromatic carbocycles. The number of halogens is 3. The van der Waals surface area contributed by atoms with Crippen molar-refractivity contribution in [2.75, 3.05) is 31.1 Å². The summed E-state index contributed by atoms with van der Waals surface area (Å²) in [5.41, 5.74) is 0.217. The van der Waals surface area contributed by atoms with Crippen LogP contribution in [0.1, 0.15) is 31.2 Å². The molecule has 29 heavy (non-hydrogen) atoms. The molecule has 1 atom stereocenters. The van der Waals surface area contributed by atoms with E-state index in [9.17, 15) is 18.0 Å². The maximum Gasteiger partial charge on any atom is 0.417 e. The summed E-state index contributed by atoms with van der Waals surface area (Å²) in [6, 6.07) is 2.39. The second-order valence-corrected chi connectivity index (χ2v) is 8.17. The summed E-state index contributed by atoms with van der Waals surface area (Å²) in [4.78, 5) is 25.0. The highest BCUT2D eigenvalue weighted by Crippen LogP contribution is 2.31. The van der Waals surface area contributed by atoms with Gasteiger partial charge in [0.25, 0.3) is 0 Å². The molecule has 1 saturated heterocycles. The number of carbonyl (C=O) groups is 1. The average Bonchev–Trinajstić information content (AvgIpc) is 3.10. The fourth-order valence-corrected chi connectivity index (χ4v) is 4.71. The number of fused-ring (bicyclic) bond motifs is 1. The molecule has 0 aliphatic carbocycles. The van der Waals surface area contributed by atoms with E-state index in [0.717, 1.165) is 55.5 Å². The van der Waals surface area contributed by atoms with E-state index in [0.29, 0.717) is 25.3 Å². The topological polar surface area (TPSA) is 60.8 Å². The Labute approximate surface area is 171 Å². The summed E-state index contributed by atoms with van der Waals surface area (Å²) < 4.78 is 38.2. The van der Waals surface area contributed by atoms with Gasteiger partial charge in [-0.25, -0.2) is 4.98 Å². The molecule has 1 unspecified atom stereocenters. The summed E-state index contributed by atoms with van der Waals surface area (Å²) in [6.45, 7) is 2.97. The van der Waals surface area contributed by atoms with Crippen LogP contribution in [-0.2, 0) is 11.0 Å². The lowest BCUT2D eigenvalue weighted by atomic mass is 10.1. The van der Waals surface area contributed by atoms with Crippen LogP contribution in [0.5, 0.6) is 0 Å². The van der Waals surface area contributed by atoms with Gasteiger partial charge in [-0.05, 0) is 36.8 Å². The number of nitrogens with one attached hydrogen (secondary N) is 1. The van der Waals surface area contributed by atoms with Crippen LogP contribution in [0.25, 0.3) is 0 Å². The first kappa shape index (κ1) is 20.1. The van der Waals surface area contributed by atoms with Gasteiger partial charge in [0.15, 0.2) is 5.17 Å². The van der Waals surface area contributed by atoms with E-state index in [1.807, 2.05) is 10.3 Å². The van der Waals surface area contributed by atoms with Crippen LogP contribution in [0.15, 0.2) is 34.4 Å². The minimum atomic E-state index is -4.39. The Kier molecular flexibility index (Phi) is 5.71. The number of carbonyl (C=O) groups excluding carboxylic acids is 1. The molecule has 0 bridgehead atoms.